The van der Waals surface area contributed by atoms with Crippen molar-refractivity contribution in [3.63, 3.8) is 0 Å². The van der Waals surface area contributed by atoms with E-state index in [1.165, 1.54) is 12.3 Å². The molecule has 0 bridgehead atoms. The third-order valence-corrected chi connectivity index (χ3v) is 6.18. The fourth-order valence-electron chi connectivity index (χ4n) is 3.96. The van der Waals surface area contributed by atoms with Gasteiger partial charge in [-0.05, 0) is 47.9 Å². The quantitative estimate of drug-likeness (QED) is 0.324. The molecule has 174 valence electrons. The van der Waals surface area contributed by atoms with E-state index in [0.29, 0.717) is 64.0 Å². The second kappa shape index (κ2) is 9.39. The van der Waals surface area contributed by atoms with Crippen LogP contribution in [0.5, 0.6) is 17.2 Å². The van der Waals surface area contributed by atoms with Crippen LogP contribution in [0.3, 0.4) is 0 Å². The smallest absolute Gasteiger partial charge is 0.200 e. The van der Waals surface area contributed by atoms with Crippen LogP contribution >= 0.6 is 11.6 Å². The van der Waals surface area contributed by atoms with Gasteiger partial charge in [0.05, 0.1) is 29.2 Å². The van der Waals surface area contributed by atoms with Crippen LogP contribution in [0.15, 0.2) is 64.0 Å². The molecule has 7 heteroatoms. The largest absolute Gasteiger partial charge is 0.490 e. The highest BCUT2D eigenvalue weighted by Gasteiger charge is 2.17. The van der Waals surface area contributed by atoms with Crippen molar-refractivity contribution in [2.45, 2.75) is 26.4 Å². The Hall–Kier alpha value is -3.51. The highest BCUT2D eigenvalue weighted by molar-refractivity contribution is 6.31. The fraction of sp³-hybridized carbons (Fsp3) is 0.222. The number of hydrogen-bond acceptors (Lipinski definition) is 5. The molecular weight excluding hydrogens is 459 g/mol. The minimum absolute atomic E-state index is 0.0382. The standard InChI is InChI=1S/C27H22ClFO5/c1-2-16-11-18-25(13-24(16)33-15-20-21(28)5-3-6-22(20)29)34-14-19(27(18)30)17-7-8-23-26(12-17)32-10-4-9-31-23/h3,5-8,11-14H,2,4,9-10,15H2,1H3. The van der Waals surface area contributed by atoms with Crippen molar-refractivity contribution in [1.82, 2.24) is 0 Å². The van der Waals surface area contributed by atoms with Gasteiger partial charge >= 0.3 is 0 Å². The zero-order chi connectivity index (χ0) is 23.7. The second-order valence-corrected chi connectivity index (χ2v) is 8.40. The van der Waals surface area contributed by atoms with E-state index < -0.39 is 5.82 Å². The SMILES string of the molecule is CCc1cc2c(=O)c(-c3ccc4c(c3)OCCCO4)coc2cc1OCc1c(F)cccc1Cl. The van der Waals surface area contributed by atoms with Crippen LogP contribution < -0.4 is 19.6 Å². The molecule has 0 spiro atoms. The summed E-state index contributed by atoms with van der Waals surface area (Å²) in [7, 11) is 0. The van der Waals surface area contributed by atoms with E-state index in [9.17, 15) is 9.18 Å². The van der Waals surface area contributed by atoms with Crippen molar-refractivity contribution in [1.29, 1.82) is 0 Å². The lowest BCUT2D eigenvalue weighted by atomic mass is 10.0. The molecule has 1 aromatic heterocycles. The van der Waals surface area contributed by atoms with Crippen molar-refractivity contribution in [2.24, 2.45) is 0 Å². The van der Waals surface area contributed by atoms with E-state index in [2.05, 4.69) is 0 Å². The van der Waals surface area contributed by atoms with Gasteiger partial charge in [0, 0.05) is 18.1 Å². The lowest BCUT2D eigenvalue weighted by Gasteiger charge is -2.13. The van der Waals surface area contributed by atoms with Crippen LogP contribution in [-0.4, -0.2) is 13.2 Å². The maximum Gasteiger partial charge on any atom is 0.200 e. The molecule has 0 atom stereocenters. The molecule has 2 heterocycles. The number of hydrogen-bond donors (Lipinski definition) is 0. The maximum absolute atomic E-state index is 14.1. The molecule has 0 amide bonds. The topological polar surface area (TPSA) is 57.9 Å². The van der Waals surface area contributed by atoms with Gasteiger partial charge in [-0.25, -0.2) is 4.39 Å². The van der Waals surface area contributed by atoms with Gasteiger partial charge in [-0.15, -0.1) is 0 Å². The molecular formula is C27H22ClFO5. The van der Waals surface area contributed by atoms with Gasteiger partial charge in [0.15, 0.2) is 11.5 Å². The van der Waals surface area contributed by atoms with Crippen molar-refractivity contribution in [3.05, 3.63) is 87.0 Å². The normalized spacial score (nSPS) is 13.0. The zero-order valence-corrected chi connectivity index (χ0v) is 19.3. The van der Waals surface area contributed by atoms with Gasteiger partial charge in [0.2, 0.25) is 5.43 Å². The Balaban J connectivity index is 1.51. The molecule has 0 aliphatic carbocycles. The molecule has 4 aromatic rings. The van der Waals surface area contributed by atoms with E-state index in [1.54, 1.807) is 30.3 Å². The van der Waals surface area contributed by atoms with Gasteiger partial charge < -0.3 is 18.6 Å². The summed E-state index contributed by atoms with van der Waals surface area (Å²) < 4.78 is 37.3. The van der Waals surface area contributed by atoms with Gasteiger partial charge in [-0.1, -0.05) is 30.7 Å². The summed E-state index contributed by atoms with van der Waals surface area (Å²) in [6, 6.07) is 13.4. The van der Waals surface area contributed by atoms with Crippen LogP contribution in [-0.2, 0) is 13.0 Å². The molecule has 1 aliphatic heterocycles. The molecule has 5 rings (SSSR count). The second-order valence-electron chi connectivity index (χ2n) is 7.99. The summed E-state index contributed by atoms with van der Waals surface area (Å²) >= 11 is 6.12. The highest BCUT2D eigenvalue weighted by atomic mass is 35.5. The molecule has 0 saturated carbocycles. The number of ether oxygens (including phenoxy) is 3. The van der Waals surface area contributed by atoms with Crippen molar-refractivity contribution in [3.8, 4) is 28.4 Å². The van der Waals surface area contributed by atoms with E-state index in [-0.39, 0.29) is 17.6 Å². The molecule has 0 N–H and O–H groups in total. The fourth-order valence-corrected chi connectivity index (χ4v) is 4.18. The lowest BCUT2D eigenvalue weighted by Crippen LogP contribution is -2.07. The Morgan fingerprint density at radius 2 is 1.88 bits per heavy atom. The summed E-state index contributed by atoms with van der Waals surface area (Å²) in [5.74, 6) is 1.36. The van der Waals surface area contributed by atoms with E-state index in [4.69, 9.17) is 30.2 Å². The molecule has 0 fully saturated rings. The van der Waals surface area contributed by atoms with Crippen LogP contribution in [0, 0.1) is 5.82 Å². The number of aryl methyl sites for hydroxylation is 1. The molecule has 34 heavy (non-hydrogen) atoms. The van der Waals surface area contributed by atoms with Gasteiger partial charge in [-0.3, -0.25) is 4.79 Å². The molecule has 3 aromatic carbocycles. The first kappa shape index (κ1) is 22.3. The average Bonchev–Trinajstić information content (AvgIpc) is 3.08. The van der Waals surface area contributed by atoms with Crippen molar-refractivity contribution < 1.29 is 23.0 Å². The number of halogens is 2. The minimum atomic E-state index is -0.433. The minimum Gasteiger partial charge on any atom is -0.490 e. The number of benzene rings is 3. The monoisotopic (exact) mass is 480 g/mol. The summed E-state index contributed by atoms with van der Waals surface area (Å²) in [6.07, 6.45) is 2.85. The average molecular weight is 481 g/mol. The van der Waals surface area contributed by atoms with Crippen LogP contribution in [0.25, 0.3) is 22.1 Å². The van der Waals surface area contributed by atoms with E-state index >= 15 is 0 Å². The van der Waals surface area contributed by atoms with E-state index in [1.807, 2.05) is 19.1 Å². The summed E-state index contributed by atoms with van der Waals surface area (Å²) in [6.45, 7) is 3.07. The summed E-state index contributed by atoms with van der Waals surface area (Å²) in [4.78, 5) is 13.4. The Labute approximate surface area is 200 Å². The molecule has 0 radical (unpaired) electrons. The third kappa shape index (κ3) is 4.21. The third-order valence-electron chi connectivity index (χ3n) is 5.83. The summed E-state index contributed by atoms with van der Waals surface area (Å²) in [5.41, 5.74) is 2.43. The lowest BCUT2D eigenvalue weighted by molar-refractivity contribution is 0.297. The maximum atomic E-state index is 14.1. The van der Waals surface area contributed by atoms with Crippen LogP contribution in [0.4, 0.5) is 4.39 Å². The first-order chi connectivity index (χ1) is 16.5. The van der Waals surface area contributed by atoms with Gasteiger partial charge in [-0.2, -0.15) is 0 Å². The predicted octanol–water partition coefficient (Wildman–Crippen LogP) is 6.56. The molecule has 0 saturated heterocycles. The predicted molar refractivity (Wildman–Crippen MR) is 129 cm³/mol. The Kier molecular flexibility index (Phi) is 6.16. The first-order valence-corrected chi connectivity index (χ1v) is 11.5. The van der Waals surface area contributed by atoms with Crippen LogP contribution in [0.2, 0.25) is 5.02 Å². The Morgan fingerprint density at radius 3 is 2.68 bits per heavy atom. The van der Waals surface area contributed by atoms with Crippen molar-refractivity contribution >= 4 is 22.6 Å². The highest BCUT2D eigenvalue weighted by Crippen LogP contribution is 2.34. The molecule has 1 aliphatic rings. The van der Waals surface area contributed by atoms with Gasteiger partial charge in [0.1, 0.15) is 30.0 Å². The van der Waals surface area contributed by atoms with E-state index in [0.717, 1.165) is 12.0 Å². The van der Waals surface area contributed by atoms with Gasteiger partial charge in [0.25, 0.3) is 0 Å². The Morgan fingerprint density at radius 1 is 1.06 bits per heavy atom. The first-order valence-electron chi connectivity index (χ1n) is 11.1. The van der Waals surface area contributed by atoms with Crippen LogP contribution in [0.1, 0.15) is 24.5 Å². The zero-order valence-electron chi connectivity index (χ0n) is 18.5. The number of fused-ring (bicyclic) bond motifs is 2. The number of rotatable bonds is 5. The molecule has 5 nitrogen and oxygen atoms in total. The Bertz CT molecular complexity index is 1410. The molecule has 0 unspecified atom stereocenters. The van der Waals surface area contributed by atoms with Crippen molar-refractivity contribution in [2.75, 3.05) is 13.2 Å². The summed E-state index contributed by atoms with van der Waals surface area (Å²) in [5, 5.41) is 0.739.